The lowest BCUT2D eigenvalue weighted by molar-refractivity contribution is -0.120. The van der Waals surface area contributed by atoms with Crippen LogP contribution in [0.15, 0.2) is 36.5 Å². The Morgan fingerprint density at radius 2 is 1.88 bits per heavy atom. The molecule has 1 aliphatic heterocycles. The highest BCUT2D eigenvalue weighted by atomic mass is 35.5. The Balaban J connectivity index is 1.57. The number of nitrogens with zero attached hydrogens (tertiary/aromatic N) is 4. The number of amides is 1. The summed E-state index contributed by atoms with van der Waals surface area (Å²) in [6.45, 7) is 9.47. The summed E-state index contributed by atoms with van der Waals surface area (Å²) in [5.74, 6) is 0.748. The molecule has 1 amide bonds. The Morgan fingerprint density at radius 1 is 1.15 bits per heavy atom. The molecule has 0 spiro atoms. The zero-order chi connectivity index (χ0) is 18.7. The summed E-state index contributed by atoms with van der Waals surface area (Å²) < 4.78 is 1.82. The molecule has 0 radical (unpaired) electrons. The van der Waals surface area contributed by atoms with Gasteiger partial charge in [-0.2, -0.15) is 5.10 Å². The van der Waals surface area contributed by atoms with E-state index in [2.05, 4.69) is 26.3 Å². The first kappa shape index (κ1) is 18.7. The molecule has 1 atom stereocenters. The van der Waals surface area contributed by atoms with Gasteiger partial charge in [-0.3, -0.25) is 9.69 Å². The van der Waals surface area contributed by atoms with Crippen LogP contribution in [0.4, 0.5) is 11.5 Å². The molecule has 1 N–H and O–H groups in total. The van der Waals surface area contributed by atoms with E-state index in [1.54, 1.807) is 6.20 Å². The SMILES string of the molecule is CC(C(=O)Nc1ccnn1C(C)C)N1CCN(c2cccc(Cl)c2)CC1. The fourth-order valence-corrected chi connectivity index (χ4v) is 3.45. The summed E-state index contributed by atoms with van der Waals surface area (Å²) in [4.78, 5) is 17.2. The number of anilines is 2. The molecule has 2 heterocycles. The van der Waals surface area contributed by atoms with Crippen molar-refractivity contribution in [1.82, 2.24) is 14.7 Å². The molecule has 6 nitrogen and oxygen atoms in total. The van der Waals surface area contributed by atoms with Gasteiger partial charge >= 0.3 is 0 Å². The van der Waals surface area contributed by atoms with Gasteiger partial charge in [-0.15, -0.1) is 0 Å². The number of hydrogen-bond donors (Lipinski definition) is 1. The molecule has 1 fully saturated rings. The van der Waals surface area contributed by atoms with E-state index < -0.39 is 0 Å². The predicted octanol–water partition coefficient (Wildman–Crippen LogP) is 3.27. The summed E-state index contributed by atoms with van der Waals surface area (Å²) in [5.41, 5.74) is 1.13. The van der Waals surface area contributed by atoms with Gasteiger partial charge in [-0.1, -0.05) is 17.7 Å². The molecule has 1 aliphatic rings. The van der Waals surface area contributed by atoms with Gasteiger partial charge in [0.2, 0.25) is 5.91 Å². The molecule has 1 unspecified atom stereocenters. The van der Waals surface area contributed by atoms with E-state index in [1.165, 1.54) is 0 Å². The van der Waals surface area contributed by atoms with Crippen LogP contribution in [0.3, 0.4) is 0 Å². The summed E-state index contributed by atoms with van der Waals surface area (Å²) in [5, 5.41) is 8.02. The van der Waals surface area contributed by atoms with Gasteiger partial charge in [-0.25, -0.2) is 4.68 Å². The first-order chi connectivity index (χ1) is 12.5. The number of hydrogen-bond acceptors (Lipinski definition) is 4. The van der Waals surface area contributed by atoms with Crippen LogP contribution < -0.4 is 10.2 Å². The smallest absolute Gasteiger partial charge is 0.242 e. The average molecular weight is 376 g/mol. The molecule has 1 saturated heterocycles. The fourth-order valence-electron chi connectivity index (χ4n) is 3.26. The minimum atomic E-state index is -0.188. The molecule has 0 bridgehead atoms. The normalized spacial score (nSPS) is 16.7. The second kappa shape index (κ2) is 8.10. The topological polar surface area (TPSA) is 53.4 Å². The largest absolute Gasteiger partial charge is 0.369 e. The lowest BCUT2D eigenvalue weighted by Gasteiger charge is -2.38. The van der Waals surface area contributed by atoms with Crippen LogP contribution in [0.1, 0.15) is 26.8 Å². The van der Waals surface area contributed by atoms with Crippen molar-refractivity contribution in [3.8, 4) is 0 Å². The van der Waals surface area contributed by atoms with Gasteiger partial charge in [0.05, 0.1) is 12.2 Å². The Morgan fingerprint density at radius 3 is 2.54 bits per heavy atom. The average Bonchev–Trinajstić information content (AvgIpc) is 3.09. The van der Waals surface area contributed by atoms with Crippen LogP contribution in [0.25, 0.3) is 0 Å². The van der Waals surface area contributed by atoms with Gasteiger partial charge in [0.15, 0.2) is 0 Å². The second-order valence-corrected chi connectivity index (χ2v) is 7.36. The van der Waals surface area contributed by atoms with Crippen LogP contribution in [-0.4, -0.2) is 52.8 Å². The number of benzene rings is 1. The lowest BCUT2D eigenvalue weighted by atomic mass is 10.2. The Labute approximate surface area is 159 Å². The third-order valence-electron chi connectivity index (χ3n) is 4.83. The van der Waals surface area contributed by atoms with E-state index in [1.807, 2.05) is 49.7 Å². The highest BCUT2D eigenvalue weighted by Gasteiger charge is 2.26. The molecule has 1 aromatic carbocycles. The van der Waals surface area contributed by atoms with E-state index in [4.69, 9.17) is 11.6 Å². The fraction of sp³-hybridized carbons (Fsp3) is 0.474. The van der Waals surface area contributed by atoms with Crippen molar-refractivity contribution in [3.05, 3.63) is 41.6 Å². The van der Waals surface area contributed by atoms with Gasteiger partial charge in [-0.05, 0) is 39.0 Å². The van der Waals surface area contributed by atoms with Crippen LogP contribution >= 0.6 is 11.6 Å². The van der Waals surface area contributed by atoms with E-state index >= 15 is 0 Å². The van der Waals surface area contributed by atoms with Crippen LogP contribution in [-0.2, 0) is 4.79 Å². The number of rotatable bonds is 5. The number of carbonyl (C=O) groups excluding carboxylic acids is 1. The van der Waals surface area contributed by atoms with Crippen molar-refractivity contribution in [2.45, 2.75) is 32.9 Å². The molecule has 0 saturated carbocycles. The maximum absolute atomic E-state index is 12.7. The summed E-state index contributed by atoms with van der Waals surface area (Å²) in [6, 6.07) is 9.77. The number of nitrogens with one attached hydrogen (secondary N) is 1. The number of halogens is 1. The Kier molecular flexibility index (Phi) is 5.84. The molecular weight excluding hydrogens is 350 g/mol. The van der Waals surface area contributed by atoms with Crippen LogP contribution in [0, 0.1) is 0 Å². The van der Waals surface area contributed by atoms with Crippen molar-refractivity contribution >= 4 is 29.0 Å². The predicted molar refractivity (Wildman–Crippen MR) is 106 cm³/mol. The highest BCUT2D eigenvalue weighted by Crippen LogP contribution is 2.21. The van der Waals surface area contributed by atoms with Gasteiger partial charge in [0.1, 0.15) is 5.82 Å². The van der Waals surface area contributed by atoms with Crippen molar-refractivity contribution in [2.24, 2.45) is 0 Å². The first-order valence-corrected chi connectivity index (χ1v) is 9.42. The van der Waals surface area contributed by atoms with Crippen molar-refractivity contribution in [3.63, 3.8) is 0 Å². The maximum atomic E-state index is 12.7. The Hall–Kier alpha value is -2.05. The highest BCUT2D eigenvalue weighted by molar-refractivity contribution is 6.30. The third-order valence-corrected chi connectivity index (χ3v) is 5.06. The quantitative estimate of drug-likeness (QED) is 0.871. The van der Waals surface area contributed by atoms with E-state index in [9.17, 15) is 4.79 Å². The second-order valence-electron chi connectivity index (χ2n) is 6.92. The molecule has 140 valence electrons. The number of aromatic nitrogens is 2. The number of carbonyl (C=O) groups is 1. The van der Waals surface area contributed by atoms with Crippen molar-refractivity contribution < 1.29 is 4.79 Å². The van der Waals surface area contributed by atoms with Gasteiger partial charge in [0, 0.05) is 49.0 Å². The van der Waals surface area contributed by atoms with E-state index in [0.717, 1.165) is 42.7 Å². The summed E-state index contributed by atoms with van der Waals surface area (Å²) in [7, 11) is 0. The zero-order valence-electron chi connectivity index (χ0n) is 15.5. The maximum Gasteiger partial charge on any atom is 0.242 e. The summed E-state index contributed by atoms with van der Waals surface area (Å²) in [6.07, 6.45) is 1.71. The molecule has 26 heavy (non-hydrogen) atoms. The van der Waals surface area contributed by atoms with Crippen molar-refractivity contribution in [2.75, 3.05) is 36.4 Å². The van der Waals surface area contributed by atoms with Crippen LogP contribution in [0.2, 0.25) is 5.02 Å². The minimum Gasteiger partial charge on any atom is -0.369 e. The monoisotopic (exact) mass is 375 g/mol. The van der Waals surface area contributed by atoms with Gasteiger partial charge in [0.25, 0.3) is 0 Å². The Bertz CT molecular complexity index is 752. The lowest BCUT2D eigenvalue weighted by Crippen LogP contribution is -2.53. The number of piperazine rings is 1. The molecule has 2 aromatic rings. The molecule has 0 aliphatic carbocycles. The van der Waals surface area contributed by atoms with E-state index in [0.29, 0.717) is 0 Å². The zero-order valence-corrected chi connectivity index (χ0v) is 16.3. The van der Waals surface area contributed by atoms with Crippen molar-refractivity contribution in [1.29, 1.82) is 0 Å². The summed E-state index contributed by atoms with van der Waals surface area (Å²) >= 11 is 6.09. The molecule has 7 heteroatoms. The van der Waals surface area contributed by atoms with Crippen LogP contribution in [0.5, 0.6) is 0 Å². The van der Waals surface area contributed by atoms with E-state index in [-0.39, 0.29) is 18.0 Å². The standard InChI is InChI=1S/C19H26ClN5O/c1-14(2)25-18(7-8-21-25)22-19(26)15(3)23-9-11-24(12-10-23)17-6-4-5-16(20)13-17/h4-8,13-15H,9-12H2,1-3H3,(H,22,26). The third kappa shape index (κ3) is 4.19. The molecule has 3 rings (SSSR count). The molecule has 1 aromatic heterocycles. The molecular formula is C19H26ClN5O. The van der Waals surface area contributed by atoms with Gasteiger partial charge < -0.3 is 10.2 Å². The minimum absolute atomic E-state index is 0.00334. The first-order valence-electron chi connectivity index (χ1n) is 9.04.